The second kappa shape index (κ2) is 4.96. The number of nitrogens with zero attached hydrogens (tertiary/aromatic N) is 4. The van der Waals surface area contributed by atoms with E-state index in [1.807, 2.05) is 0 Å². The maximum atomic E-state index is 12.6. The molecule has 0 atom stereocenters. The van der Waals surface area contributed by atoms with E-state index in [1.165, 1.54) is 19.5 Å². The highest BCUT2D eigenvalue weighted by molar-refractivity contribution is 6.28. The first-order chi connectivity index (χ1) is 8.91. The van der Waals surface area contributed by atoms with E-state index >= 15 is 0 Å². The highest BCUT2D eigenvalue weighted by Crippen LogP contribution is 2.32. The van der Waals surface area contributed by atoms with Crippen molar-refractivity contribution in [2.45, 2.75) is 6.18 Å². The van der Waals surface area contributed by atoms with Gasteiger partial charge in [-0.25, -0.2) is 19.9 Å². The molecular weight excluding hydrogens is 285 g/mol. The third-order valence-electron chi connectivity index (χ3n) is 2.09. The van der Waals surface area contributed by atoms with E-state index in [9.17, 15) is 13.2 Å². The molecule has 2 aromatic heterocycles. The molecule has 0 aliphatic heterocycles. The van der Waals surface area contributed by atoms with Crippen LogP contribution in [0.5, 0.6) is 5.88 Å². The van der Waals surface area contributed by atoms with Crippen molar-refractivity contribution in [2.24, 2.45) is 0 Å². The van der Waals surface area contributed by atoms with Gasteiger partial charge in [0.15, 0.2) is 5.69 Å². The van der Waals surface area contributed by atoms with Gasteiger partial charge in [0.05, 0.1) is 12.8 Å². The molecule has 0 aromatic carbocycles. The van der Waals surface area contributed by atoms with Crippen LogP contribution in [0.25, 0.3) is 11.4 Å². The van der Waals surface area contributed by atoms with Gasteiger partial charge in [0, 0.05) is 12.4 Å². The van der Waals surface area contributed by atoms with Crippen LogP contribution >= 0.6 is 11.6 Å². The molecule has 0 saturated heterocycles. The number of ether oxygens (including phenoxy) is 1. The van der Waals surface area contributed by atoms with Gasteiger partial charge in [-0.2, -0.15) is 13.2 Å². The number of hydrogen-bond donors (Lipinski definition) is 0. The summed E-state index contributed by atoms with van der Waals surface area (Å²) in [7, 11) is 1.32. The molecule has 0 bridgehead atoms. The Balaban J connectivity index is 2.60. The van der Waals surface area contributed by atoms with Crippen LogP contribution in [-0.2, 0) is 6.18 Å². The van der Waals surface area contributed by atoms with Gasteiger partial charge in [0.2, 0.25) is 11.2 Å². The van der Waals surface area contributed by atoms with E-state index in [4.69, 9.17) is 16.3 Å². The molecule has 0 aliphatic carbocycles. The molecule has 2 heterocycles. The maximum absolute atomic E-state index is 12.6. The molecule has 0 N–H and O–H groups in total. The van der Waals surface area contributed by atoms with Gasteiger partial charge in [0.1, 0.15) is 5.69 Å². The second-order valence-electron chi connectivity index (χ2n) is 3.32. The van der Waals surface area contributed by atoms with Crippen LogP contribution in [0.4, 0.5) is 13.2 Å². The van der Waals surface area contributed by atoms with Crippen molar-refractivity contribution in [3.05, 3.63) is 29.4 Å². The molecule has 9 heteroatoms. The molecule has 5 nitrogen and oxygen atoms in total. The minimum absolute atomic E-state index is 0.0467. The fourth-order valence-electron chi connectivity index (χ4n) is 1.33. The van der Waals surface area contributed by atoms with E-state index in [0.29, 0.717) is 0 Å². The van der Waals surface area contributed by atoms with E-state index in [-0.39, 0.29) is 17.3 Å². The Kier molecular flexibility index (Phi) is 3.52. The number of hydrogen-bond acceptors (Lipinski definition) is 5. The number of alkyl halides is 3. The number of methoxy groups -OCH3 is 1. The largest absolute Gasteiger partial charge is 0.479 e. The average Bonchev–Trinajstić information content (AvgIpc) is 2.37. The molecule has 100 valence electrons. The lowest BCUT2D eigenvalue weighted by atomic mass is 10.2. The van der Waals surface area contributed by atoms with Crippen molar-refractivity contribution in [3.63, 3.8) is 0 Å². The first kappa shape index (κ1) is 13.5. The molecule has 2 aromatic rings. The predicted molar refractivity (Wildman–Crippen MR) is 59.6 cm³/mol. The zero-order valence-corrected chi connectivity index (χ0v) is 10.2. The number of rotatable bonds is 2. The SMILES string of the molecule is COc1nccnc1-c1cc(C(F)(F)F)nc(Cl)n1. The van der Waals surface area contributed by atoms with Gasteiger partial charge in [-0.15, -0.1) is 0 Å². The fourth-order valence-corrected chi connectivity index (χ4v) is 1.52. The van der Waals surface area contributed by atoms with Crippen molar-refractivity contribution in [1.82, 2.24) is 19.9 Å². The van der Waals surface area contributed by atoms with Crippen LogP contribution in [0.2, 0.25) is 5.28 Å². The average molecular weight is 291 g/mol. The molecule has 0 spiro atoms. The fraction of sp³-hybridized carbons (Fsp3) is 0.200. The normalized spacial score (nSPS) is 11.4. The Labute approximate surface area is 110 Å². The zero-order chi connectivity index (χ0) is 14.0. The summed E-state index contributed by atoms with van der Waals surface area (Å²) >= 11 is 5.49. The van der Waals surface area contributed by atoms with E-state index in [1.54, 1.807) is 0 Å². The molecular formula is C10H6ClF3N4O. The van der Waals surface area contributed by atoms with Gasteiger partial charge < -0.3 is 4.74 Å². The summed E-state index contributed by atoms with van der Waals surface area (Å²) in [5, 5.41) is -0.530. The Bertz CT molecular complexity index is 606. The van der Waals surface area contributed by atoms with Crippen LogP contribution in [0, 0.1) is 0 Å². The summed E-state index contributed by atoms with van der Waals surface area (Å²) in [4.78, 5) is 14.5. The molecule has 0 aliphatic rings. The predicted octanol–water partition coefficient (Wildman–Crippen LogP) is 2.61. The molecule has 0 unspecified atom stereocenters. The monoisotopic (exact) mass is 290 g/mol. The Morgan fingerprint density at radius 3 is 2.47 bits per heavy atom. The van der Waals surface area contributed by atoms with Gasteiger partial charge in [-0.1, -0.05) is 0 Å². The summed E-state index contributed by atoms with van der Waals surface area (Å²) in [5.74, 6) is 0.0467. The van der Waals surface area contributed by atoms with Crippen molar-refractivity contribution >= 4 is 11.6 Å². The third kappa shape index (κ3) is 2.90. The molecule has 0 radical (unpaired) electrons. The molecule has 2 rings (SSSR count). The highest BCUT2D eigenvalue weighted by atomic mass is 35.5. The Hall–Kier alpha value is -1.96. The van der Waals surface area contributed by atoms with E-state index < -0.39 is 17.2 Å². The summed E-state index contributed by atoms with van der Waals surface area (Å²) < 4.78 is 42.8. The van der Waals surface area contributed by atoms with Crippen molar-refractivity contribution in [1.29, 1.82) is 0 Å². The van der Waals surface area contributed by atoms with E-state index in [2.05, 4.69) is 19.9 Å². The topological polar surface area (TPSA) is 60.8 Å². The van der Waals surface area contributed by atoms with Crippen LogP contribution in [0.1, 0.15) is 5.69 Å². The maximum Gasteiger partial charge on any atom is 0.433 e. The lowest BCUT2D eigenvalue weighted by Gasteiger charge is -2.09. The van der Waals surface area contributed by atoms with Gasteiger partial charge in [-0.3, -0.25) is 0 Å². The van der Waals surface area contributed by atoms with Gasteiger partial charge >= 0.3 is 6.18 Å². The highest BCUT2D eigenvalue weighted by Gasteiger charge is 2.34. The lowest BCUT2D eigenvalue weighted by Crippen LogP contribution is -2.09. The number of aromatic nitrogens is 4. The summed E-state index contributed by atoms with van der Waals surface area (Å²) in [6.45, 7) is 0. The van der Waals surface area contributed by atoms with Crippen molar-refractivity contribution < 1.29 is 17.9 Å². The Morgan fingerprint density at radius 1 is 1.16 bits per heavy atom. The third-order valence-corrected chi connectivity index (χ3v) is 2.26. The standard InChI is InChI=1S/C10H6ClF3N4O/c1-19-8-7(15-2-3-16-8)5-4-6(10(12,13)14)18-9(11)17-5/h2-4H,1H3. The summed E-state index contributed by atoms with van der Waals surface area (Å²) in [6.07, 6.45) is -1.98. The van der Waals surface area contributed by atoms with Crippen LogP contribution < -0.4 is 4.74 Å². The number of halogens is 4. The minimum atomic E-state index is -4.63. The molecule has 19 heavy (non-hydrogen) atoms. The minimum Gasteiger partial charge on any atom is -0.479 e. The lowest BCUT2D eigenvalue weighted by molar-refractivity contribution is -0.141. The van der Waals surface area contributed by atoms with Crippen molar-refractivity contribution in [3.8, 4) is 17.3 Å². The van der Waals surface area contributed by atoms with Gasteiger partial charge in [-0.05, 0) is 17.7 Å². The summed E-state index contributed by atoms with van der Waals surface area (Å²) in [6, 6.07) is 0.735. The first-order valence-corrected chi connectivity index (χ1v) is 5.26. The zero-order valence-electron chi connectivity index (χ0n) is 9.44. The quantitative estimate of drug-likeness (QED) is 0.796. The molecule has 0 saturated carbocycles. The van der Waals surface area contributed by atoms with Crippen LogP contribution in [-0.4, -0.2) is 27.0 Å². The van der Waals surface area contributed by atoms with Crippen molar-refractivity contribution in [2.75, 3.05) is 7.11 Å². The summed E-state index contributed by atoms with van der Waals surface area (Å²) in [5.41, 5.74) is -1.22. The van der Waals surface area contributed by atoms with Crippen LogP contribution in [0.15, 0.2) is 18.5 Å². The first-order valence-electron chi connectivity index (χ1n) is 4.89. The molecule has 0 fully saturated rings. The Morgan fingerprint density at radius 2 is 1.84 bits per heavy atom. The van der Waals surface area contributed by atoms with Gasteiger partial charge in [0.25, 0.3) is 0 Å². The smallest absolute Gasteiger partial charge is 0.433 e. The second-order valence-corrected chi connectivity index (χ2v) is 3.66. The molecule has 0 amide bonds. The van der Waals surface area contributed by atoms with Crippen LogP contribution in [0.3, 0.4) is 0 Å². The van der Waals surface area contributed by atoms with E-state index in [0.717, 1.165) is 6.07 Å².